The van der Waals surface area contributed by atoms with Gasteiger partial charge in [0.05, 0.1) is 11.6 Å². The lowest BCUT2D eigenvalue weighted by Gasteiger charge is -2.05. The number of nitrogens with one attached hydrogen (secondary N) is 1. The molecule has 0 saturated carbocycles. The monoisotopic (exact) mass is 364 g/mol. The molecule has 4 rings (SSSR count). The summed E-state index contributed by atoms with van der Waals surface area (Å²) in [6.07, 6.45) is 2.55. The quantitative estimate of drug-likeness (QED) is 0.396. The van der Waals surface area contributed by atoms with E-state index in [2.05, 4.69) is 51.0 Å². The summed E-state index contributed by atoms with van der Waals surface area (Å²) in [7, 11) is 0. The Labute approximate surface area is 153 Å². The number of thiophene rings is 2. The Morgan fingerprint density at radius 1 is 1.04 bits per heavy atom. The van der Waals surface area contributed by atoms with E-state index in [-0.39, 0.29) is 0 Å². The third kappa shape index (κ3) is 3.60. The van der Waals surface area contributed by atoms with Crippen LogP contribution in [0.15, 0.2) is 58.3 Å². The SMILES string of the molecule is Cc1ccsc1/C=N/Nc1nc(Cc2ccccc2)nc2sccc12. The highest BCUT2D eigenvalue weighted by Gasteiger charge is 2.09. The van der Waals surface area contributed by atoms with Crippen LogP contribution in [-0.2, 0) is 6.42 Å². The van der Waals surface area contributed by atoms with Gasteiger partial charge in [0.2, 0.25) is 0 Å². The molecule has 4 aromatic rings. The van der Waals surface area contributed by atoms with Crippen molar-refractivity contribution >= 4 is 44.9 Å². The smallest absolute Gasteiger partial charge is 0.158 e. The van der Waals surface area contributed by atoms with Gasteiger partial charge in [0.25, 0.3) is 0 Å². The van der Waals surface area contributed by atoms with E-state index < -0.39 is 0 Å². The van der Waals surface area contributed by atoms with Gasteiger partial charge in [-0.2, -0.15) is 5.10 Å². The van der Waals surface area contributed by atoms with E-state index in [0.717, 1.165) is 26.7 Å². The van der Waals surface area contributed by atoms with Crippen LogP contribution in [-0.4, -0.2) is 16.2 Å². The Kier molecular flexibility index (Phi) is 4.54. The number of hydrogen-bond acceptors (Lipinski definition) is 6. The number of hydrazone groups is 1. The predicted molar refractivity (Wildman–Crippen MR) is 107 cm³/mol. The highest BCUT2D eigenvalue weighted by Crippen LogP contribution is 2.26. The first kappa shape index (κ1) is 15.9. The normalized spacial score (nSPS) is 11.4. The first-order valence-electron chi connectivity index (χ1n) is 7.91. The van der Waals surface area contributed by atoms with E-state index in [0.29, 0.717) is 6.42 Å². The fraction of sp³-hybridized carbons (Fsp3) is 0.105. The second kappa shape index (κ2) is 7.13. The zero-order valence-corrected chi connectivity index (χ0v) is 15.3. The number of benzene rings is 1. The Bertz CT molecular complexity index is 1020. The van der Waals surface area contributed by atoms with Gasteiger partial charge in [-0.3, -0.25) is 5.43 Å². The van der Waals surface area contributed by atoms with Gasteiger partial charge in [-0.1, -0.05) is 30.3 Å². The van der Waals surface area contributed by atoms with Crippen LogP contribution in [0.2, 0.25) is 0 Å². The van der Waals surface area contributed by atoms with Crippen LogP contribution in [0, 0.1) is 6.92 Å². The molecule has 0 unspecified atom stereocenters. The second-order valence-electron chi connectivity index (χ2n) is 5.63. The first-order valence-corrected chi connectivity index (χ1v) is 9.67. The van der Waals surface area contributed by atoms with Crippen LogP contribution < -0.4 is 5.43 Å². The van der Waals surface area contributed by atoms with E-state index in [9.17, 15) is 0 Å². The largest absolute Gasteiger partial charge is 0.261 e. The van der Waals surface area contributed by atoms with Crippen molar-refractivity contribution in [1.82, 2.24) is 9.97 Å². The van der Waals surface area contributed by atoms with E-state index >= 15 is 0 Å². The average molecular weight is 364 g/mol. The molecule has 0 atom stereocenters. The molecule has 6 heteroatoms. The van der Waals surface area contributed by atoms with Crippen molar-refractivity contribution in [2.45, 2.75) is 13.3 Å². The van der Waals surface area contributed by atoms with Crippen molar-refractivity contribution in [2.24, 2.45) is 5.10 Å². The van der Waals surface area contributed by atoms with Crippen LogP contribution in [0.5, 0.6) is 0 Å². The van der Waals surface area contributed by atoms with Crippen LogP contribution in [0.1, 0.15) is 21.8 Å². The summed E-state index contributed by atoms with van der Waals surface area (Å²) < 4.78 is 0. The van der Waals surface area contributed by atoms with E-state index in [1.165, 1.54) is 11.1 Å². The standard InChI is InChI=1S/C19H16N4S2/c1-13-7-9-24-16(13)12-20-23-18-15-8-10-25-19(15)22-17(21-18)11-14-5-3-2-4-6-14/h2-10,12H,11H2,1H3,(H,21,22,23)/b20-12+. The summed E-state index contributed by atoms with van der Waals surface area (Å²) >= 11 is 3.29. The fourth-order valence-electron chi connectivity index (χ4n) is 2.51. The molecule has 0 aliphatic heterocycles. The van der Waals surface area contributed by atoms with E-state index in [1.807, 2.05) is 35.9 Å². The molecule has 0 spiro atoms. The summed E-state index contributed by atoms with van der Waals surface area (Å²) in [5, 5.41) is 9.47. The summed E-state index contributed by atoms with van der Waals surface area (Å²) in [6.45, 7) is 2.08. The van der Waals surface area contributed by atoms with Gasteiger partial charge in [0.15, 0.2) is 5.82 Å². The van der Waals surface area contributed by atoms with Crippen molar-refractivity contribution in [3.63, 3.8) is 0 Å². The molecule has 0 fully saturated rings. The average Bonchev–Trinajstić information content (AvgIpc) is 3.25. The molecule has 0 aliphatic rings. The lowest BCUT2D eigenvalue weighted by atomic mass is 10.1. The molecule has 3 aromatic heterocycles. The maximum absolute atomic E-state index is 4.68. The molecule has 3 heterocycles. The summed E-state index contributed by atoms with van der Waals surface area (Å²) in [6, 6.07) is 14.4. The number of anilines is 1. The van der Waals surface area contributed by atoms with Gasteiger partial charge in [-0.15, -0.1) is 22.7 Å². The second-order valence-corrected chi connectivity index (χ2v) is 7.47. The molecule has 1 aromatic carbocycles. The fourth-order valence-corrected chi connectivity index (χ4v) is 4.08. The predicted octanol–water partition coefficient (Wildman–Crippen LogP) is 5.10. The van der Waals surface area contributed by atoms with Gasteiger partial charge in [0.1, 0.15) is 10.7 Å². The number of fused-ring (bicyclic) bond motifs is 1. The van der Waals surface area contributed by atoms with E-state index in [4.69, 9.17) is 0 Å². The van der Waals surface area contributed by atoms with Crippen LogP contribution in [0.3, 0.4) is 0 Å². The molecule has 124 valence electrons. The van der Waals surface area contributed by atoms with Gasteiger partial charge in [0, 0.05) is 11.3 Å². The number of aromatic nitrogens is 2. The number of rotatable bonds is 5. The lowest BCUT2D eigenvalue weighted by Crippen LogP contribution is -2.01. The minimum atomic E-state index is 0.705. The van der Waals surface area contributed by atoms with Crippen LogP contribution in [0.4, 0.5) is 5.82 Å². The molecular formula is C19H16N4S2. The zero-order valence-electron chi connectivity index (χ0n) is 13.6. The van der Waals surface area contributed by atoms with E-state index in [1.54, 1.807) is 22.7 Å². The van der Waals surface area contributed by atoms with Crippen molar-refractivity contribution in [3.05, 3.63) is 75.1 Å². The highest BCUT2D eigenvalue weighted by molar-refractivity contribution is 7.16. The zero-order chi connectivity index (χ0) is 17.1. The Hall–Kier alpha value is -2.57. The molecular weight excluding hydrogens is 348 g/mol. The van der Waals surface area contributed by atoms with Gasteiger partial charge in [-0.25, -0.2) is 9.97 Å². The van der Waals surface area contributed by atoms with Crippen molar-refractivity contribution < 1.29 is 0 Å². The topological polar surface area (TPSA) is 50.2 Å². The summed E-state index contributed by atoms with van der Waals surface area (Å²) in [4.78, 5) is 11.5. The maximum Gasteiger partial charge on any atom is 0.158 e. The minimum Gasteiger partial charge on any atom is -0.261 e. The third-order valence-corrected chi connectivity index (χ3v) is 5.59. The third-order valence-electron chi connectivity index (χ3n) is 3.83. The molecule has 0 radical (unpaired) electrons. The molecule has 0 amide bonds. The van der Waals surface area contributed by atoms with Crippen LogP contribution in [0.25, 0.3) is 10.2 Å². The maximum atomic E-state index is 4.68. The first-order chi connectivity index (χ1) is 12.3. The van der Waals surface area contributed by atoms with Crippen molar-refractivity contribution in [3.8, 4) is 0 Å². The minimum absolute atomic E-state index is 0.705. The number of hydrogen-bond donors (Lipinski definition) is 1. The Morgan fingerprint density at radius 3 is 2.68 bits per heavy atom. The molecule has 25 heavy (non-hydrogen) atoms. The van der Waals surface area contributed by atoms with Crippen LogP contribution >= 0.6 is 22.7 Å². The van der Waals surface area contributed by atoms with Gasteiger partial charge < -0.3 is 0 Å². The molecule has 1 N–H and O–H groups in total. The lowest BCUT2D eigenvalue weighted by molar-refractivity contribution is 0.994. The highest BCUT2D eigenvalue weighted by atomic mass is 32.1. The van der Waals surface area contributed by atoms with Gasteiger partial charge >= 0.3 is 0 Å². The molecule has 4 nitrogen and oxygen atoms in total. The van der Waals surface area contributed by atoms with Crippen molar-refractivity contribution in [2.75, 3.05) is 5.43 Å². The number of aryl methyl sites for hydroxylation is 1. The number of nitrogens with zero attached hydrogens (tertiary/aromatic N) is 3. The molecule has 0 aliphatic carbocycles. The van der Waals surface area contributed by atoms with Gasteiger partial charge in [-0.05, 0) is 40.9 Å². The molecule has 0 saturated heterocycles. The summed E-state index contributed by atoms with van der Waals surface area (Å²) in [5.74, 6) is 1.55. The Balaban J connectivity index is 1.62. The Morgan fingerprint density at radius 2 is 1.88 bits per heavy atom. The summed E-state index contributed by atoms with van der Waals surface area (Å²) in [5.41, 5.74) is 5.52. The molecule has 0 bridgehead atoms. The van der Waals surface area contributed by atoms with Crippen molar-refractivity contribution in [1.29, 1.82) is 0 Å².